The first-order valence-corrected chi connectivity index (χ1v) is 5.88. The van der Waals surface area contributed by atoms with Crippen LogP contribution in [-0.2, 0) is 0 Å². The molecule has 0 aliphatic heterocycles. The Morgan fingerprint density at radius 2 is 1.84 bits per heavy atom. The topological polar surface area (TPSA) is 44.5 Å². The summed E-state index contributed by atoms with van der Waals surface area (Å²) in [6.07, 6.45) is -4.48. The maximum atomic E-state index is 12.5. The van der Waals surface area contributed by atoms with E-state index in [2.05, 4.69) is 0 Å². The largest absolute Gasteiger partial charge is 0.493 e. The monoisotopic (exact) mass is 277 g/mol. The van der Waals surface area contributed by atoms with Gasteiger partial charge in [0.2, 0.25) is 0 Å². The summed E-state index contributed by atoms with van der Waals surface area (Å²) in [5.41, 5.74) is 5.09. The summed E-state index contributed by atoms with van der Waals surface area (Å²) in [6.45, 7) is 4.40. The molecule has 0 fully saturated rings. The highest BCUT2D eigenvalue weighted by Crippen LogP contribution is 2.35. The van der Waals surface area contributed by atoms with Crippen molar-refractivity contribution in [1.82, 2.24) is 0 Å². The normalized spacial score (nSPS) is 13.5. The van der Waals surface area contributed by atoms with Crippen LogP contribution in [0.2, 0.25) is 0 Å². The zero-order valence-corrected chi connectivity index (χ0v) is 11.1. The van der Waals surface area contributed by atoms with Gasteiger partial charge in [0.05, 0.1) is 13.7 Å². The molecule has 6 heteroatoms. The smallest absolute Gasteiger partial charge is 0.407 e. The molecule has 19 heavy (non-hydrogen) atoms. The van der Waals surface area contributed by atoms with Crippen molar-refractivity contribution >= 4 is 0 Å². The third-order valence-electron chi connectivity index (χ3n) is 2.47. The van der Waals surface area contributed by atoms with Crippen molar-refractivity contribution in [2.24, 2.45) is 11.7 Å². The molecule has 0 aliphatic carbocycles. The number of benzene rings is 1. The minimum Gasteiger partial charge on any atom is -0.493 e. The minimum absolute atomic E-state index is 0.0544. The van der Waals surface area contributed by atoms with Crippen LogP contribution in [0.4, 0.5) is 13.2 Å². The van der Waals surface area contributed by atoms with E-state index in [0.29, 0.717) is 18.3 Å². The van der Waals surface area contributed by atoms with E-state index in [1.165, 1.54) is 25.3 Å². The lowest BCUT2D eigenvalue weighted by Crippen LogP contribution is -2.28. The highest BCUT2D eigenvalue weighted by molar-refractivity contribution is 5.44. The van der Waals surface area contributed by atoms with Crippen molar-refractivity contribution in [2.45, 2.75) is 26.1 Å². The van der Waals surface area contributed by atoms with E-state index < -0.39 is 12.2 Å². The summed E-state index contributed by atoms with van der Waals surface area (Å²) in [4.78, 5) is 0. The van der Waals surface area contributed by atoms with Crippen molar-refractivity contribution in [3.05, 3.63) is 23.8 Å². The van der Waals surface area contributed by atoms with E-state index in [9.17, 15) is 13.2 Å². The predicted molar refractivity (Wildman–Crippen MR) is 66.3 cm³/mol. The van der Waals surface area contributed by atoms with Crippen molar-refractivity contribution in [3.8, 4) is 11.5 Å². The second-order valence-corrected chi connectivity index (χ2v) is 4.63. The van der Waals surface area contributed by atoms with Gasteiger partial charge in [0.25, 0.3) is 0 Å². The second-order valence-electron chi connectivity index (χ2n) is 4.63. The first kappa shape index (κ1) is 15.6. The van der Waals surface area contributed by atoms with Crippen LogP contribution in [-0.4, -0.2) is 19.9 Å². The standard InChI is InChI=1S/C13H18F3NO2/c1-8(2)7-19-10-5-4-9(6-11(10)18-3)12(17)13(14,15)16/h4-6,8,12H,7,17H2,1-3H3/t12-/m0/s1. The maximum absolute atomic E-state index is 12.5. The van der Waals surface area contributed by atoms with Crippen LogP contribution >= 0.6 is 0 Å². The highest BCUT2D eigenvalue weighted by atomic mass is 19.4. The fourth-order valence-electron chi connectivity index (χ4n) is 1.44. The van der Waals surface area contributed by atoms with Crippen LogP contribution in [0.15, 0.2) is 18.2 Å². The van der Waals surface area contributed by atoms with Crippen molar-refractivity contribution < 1.29 is 22.6 Å². The fourth-order valence-corrected chi connectivity index (χ4v) is 1.44. The summed E-state index contributed by atoms with van der Waals surface area (Å²) >= 11 is 0. The van der Waals surface area contributed by atoms with E-state index >= 15 is 0 Å². The molecule has 0 saturated carbocycles. The van der Waals surface area contributed by atoms with Crippen LogP contribution in [0.5, 0.6) is 11.5 Å². The van der Waals surface area contributed by atoms with Crippen LogP contribution in [0, 0.1) is 5.92 Å². The summed E-state index contributed by atoms with van der Waals surface area (Å²) in [5, 5.41) is 0. The molecule has 0 bridgehead atoms. The summed E-state index contributed by atoms with van der Waals surface area (Å²) in [6, 6.07) is 1.98. The lowest BCUT2D eigenvalue weighted by atomic mass is 10.1. The van der Waals surface area contributed by atoms with Crippen LogP contribution in [0.3, 0.4) is 0 Å². The van der Waals surface area contributed by atoms with Crippen molar-refractivity contribution in [1.29, 1.82) is 0 Å². The third-order valence-corrected chi connectivity index (χ3v) is 2.47. The quantitative estimate of drug-likeness (QED) is 0.898. The van der Waals surface area contributed by atoms with Gasteiger partial charge in [0, 0.05) is 0 Å². The van der Waals surface area contributed by atoms with Gasteiger partial charge in [-0.05, 0) is 23.6 Å². The molecule has 108 valence electrons. The molecule has 0 aromatic heterocycles. The Labute approximate surface area is 110 Å². The Morgan fingerprint density at radius 3 is 2.32 bits per heavy atom. The lowest BCUT2D eigenvalue weighted by Gasteiger charge is -2.18. The summed E-state index contributed by atoms with van der Waals surface area (Å²) in [7, 11) is 1.38. The van der Waals surface area contributed by atoms with Gasteiger partial charge >= 0.3 is 6.18 Å². The third kappa shape index (κ3) is 4.31. The molecule has 0 heterocycles. The Morgan fingerprint density at radius 1 is 1.21 bits per heavy atom. The molecule has 1 aromatic carbocycles. The Bertz CT molecular complexity index is 419. The van der Waals surface area contributed by atoms with Crippen molar-refractivity contribution in [3.63, 3.8) is 0 Å². The molecule has 1 rings (SSSR count). The summed E-state index contributed by atoms with van der Waals surface area (Å²) in [5.74, 6) is 0.967. The number of hydrogen-bond acceptors (Lipinski definition) is 3. The highest BCUT2D eigenvalue weighted by Gasteiger charge is 2.38. The molecular formula is C13H18F3NO2. The second kappa shape index (κ2) is 6.14. The number of rotatable bonds is 5. The lowest BCUT2D eigenvalue weighted by molar-refractivity contribution is -0.149. The number of ether oxygens (including phenoxy) is 2. The zero-order chi connectivity index (χ0) is 14.6. The number of methoxy groups -OCH3 is 1. The minimum atomic E-state index is -4.48. The van der Waals surface area contributed by atoms with Crippen LogP contribution < -0.4 is 15.2 Å². The molecule has 0 saturated heterocycles. The van der Waals surface area contributed by atoms with Gasteiger partial charge in [-0.25, -0.2) is 0 Å². The zero-order valence-electron chi connectivity index (χ0n) is 11.1. The van der Waals surface area contributed by atoms with E-state index in [4.69, 9.17) is 15.2 Å². The first-order valence-electron chi connectivity index (χ1n) is 5.88. The average Bonchev–Trinajstić information content (AvgIpc) is 2.34. The van der Waals surface area contributed by atoms with Crippen LogP contribution in [0.25, 0.3) is 0 Å². The van der Waals surface area contributed by atoms with Gasteiger partial charge in [-0.2, -0.15) is 13.2 Å². The molecule has 3 nitrogen and oxygen atoms in total. The van der Waals surface area contributed by atoms with Gasteiger partial charge < -0.3 is 15.2 Å². The Balaban J connectivity index is 2.95. The van der Waals surface area contributed by atoms with Crippen molar-refractivity contribution in [2.75, 3.05) is 13.7 Å². The molecule has 2 N–H and O–H groups in total. The number of hydrogen-bond donors (Lipinski definition) is 1. The van der Waals surface area contributed by atoms with Crippen LogP contribution in [0.1, 0.15) is 25.5 Å². The molecule has 0 radical (unpaired) electrons. The molecule has 0 spiro atoms. The molecule has 1 atom stereocenters. The van der Waals surface area contributed by atoms with E-state index in [0.717, 1.165) is 0 Å². The van der Waals surface area contributed by atoms with Gasteiger partial charge in [-0.3, -0.25) is 0 Å². The van der Waals surface area contributed by atoms with E-state index in [-0.39, 0.29) is 11.3 Å². The van der Waals surface area contributed by atoms with Gasteiger partial charge in [0.15, 0.2) is 11.5 Å². The number of alkyl halides is 3. The molecule has 0 aliphatic rings. The maximum Gasteiger partial charge on any atom is 0.407 e. The first-order chi connectivity index (χ1) is 8.75. The number of halogens is 3. The van der Waals surface area contributed by atoms with E-state index in [1.807, 2.05) is 13.8 Å². The van der Waals surface area contributed by atoms with Gasteiger partial charge in [0.1, 0.15) is 6.04 Å². The van der Waals surface area contributed by atoms with Gasteiger partial charge in [-0.15, -0.1) is 0 Å². The molecule has 0 amide bonds. The average molecular weight is 277 g/mol. The summed E-state index contributed by atoms with van der Waals surface area (Å²) < 4.78 is 48.1. The molecule has 1 aromatic rings. The number of nitrogens with two attached hydrogens (primary N) is 1. The Kier molecular flexibility index (Phi) is 5.05. The predicted octanol–water partition coefficient (Wildman–Crippen LogP) is 3.29. The fraction of sp³-hybridized carbons (Fsp3) is 0.538. The molecular weight excluding hydrogens is 259 g/mol. The Hall–Kier alpha value is -1.43. The SMILES string of the molecule is COc1cc([C@H](N)C(F)(F)F)ccc1OCC(C)C. The van der Waals surface area contributed by atoms with E-state index in [1.54, 1.807) is 0 Å². The van der Waals surface area contributed by atoms with Gasteiger partial charge in [-0.1, -0.05) is 19.9 Å². The molecule has 0 unspecified atom stereocenters.